The lowest BCUT2D eigenvalue weighted by Crippen LogP contribution is -2.16. The molecule has 19 heavy (non-hydrogen) atoms. The second-order valence-electron chi connectivity index (χ2n) is 4.58. The molecule has 2 heterocycles. The predicted octanol–water partition coefficient (Wildman–Crippen LogP) is 1.24. The Balaban J connectivity index is 1.97. The Bertz CT molecular complexity index is 602. The smallest absolute Gasteiger partial charge is 0.252 e. The van der Waals surface area contributed by atoms with Gasteiger partial charge in [-0.2, -0.15) is 4.98 Å². The van der Waals surface area contributed by atoms with Crippen LogP contribution in [0.1, 0.15) is 37.3 Å². The Labute approximate surface area is 110 Å². The van der Waals surface area contributed by atoms with Crippen LogP contribution in [-0.4, -0.2) is 26.7 Å². The summed E-state index contributed by atoms with van der Waals surface area (Å²) in [6, 6.07) is 1.44. The van der Waals surface area contributed by atoms with Crippen LogP contribution in [0.25, 0.3) is 0 Å². The average Bonchev–Trinajstić information content (AvgIpc) is 2.74. The lowest BCUT2D eigenvalue weighted by molar-refractivity contribution is 0.387. The van der Waals surface area contributed by atoms with Crippen molar-refractivity contribution in [2.24, 2.45) is 0 Å². The Morgan fingerprint density at radius 3 is 2.84 bits per heavy atom. The Morgan fingerprint density at radius 1 is 1.42 bits per heavy atom. The van der Waals surface area contributed by atoms with Gasteiger partial charge >= 0.3 is 0 Å². The Morgan fingerprint density at radius 2 is 2.21 bits per heavy atom. The Hall–Kier alpha value is -2.18. The zero-order valence-electron chi connectivity index (χ0n) is 11.2. The minimum Gasteiger partial charge on any atom is -0.369 e. The molecule has 0 spiro atoms. The third-order valence-electron chi connectivity index (χ3n) is 2.53. The van der Waals surface area contributed by atoms with E-state index in [4.69, 9.17) is 4.52 Å². The quantitative estimate of drug-likeness (QED) is 0.842. The van der Waals surface area contributed by atoms with Gasteiger partial charge in [0.25, 0.3) is 5.56 Å². The van der Waals surface area contributed by atoms with E-state index in [2.05, 4.69) is 25.4 Å². The maximum atomic E-state index is 11.5. The van der Waals surface area contributed by atoms with E-state index in [1.165, 1.54) is 6.07 Å². The first-order valence-electron chi connectivity index (χ1n) is 6.19. The number of hydrogen-bond donors (Lipinski definition) is 2. The van der Waals surface area contributed by atoms with Gasteiger partial charge in [0, 0.05) is 31.9 Å². The van der Waals surface area contributed by atoms with Crippen LogP contribution in [0.5, 0.6) is 0 Å². The van der Waals surface area contributed by atoms with Gasteiger partial charge in [0.15, 0.2) is 5.82 Å². The third kappa shape index (κ3) is 3.64. The molecule has 0 amide bonds. The van der Waals surface area contributed by atoms with Crippen LogP contribution >= 0.6 is 0 Å². The molecule has 0 unspecified atom stereocenters. The minimum atomic E-state index is -0.156. The molecule has 0 aliphatic heterocycles. The van der Waals surface area contributed by atoms with Crippen LogP contribution in [0.4, 0.5) is 5.82 Å². The monoisotopic (exact) mass is 263 g/mol. The molecule has 2 aromatic rings. The molecule has 7 nitrogen and oxygen atoms in total. The van der Waals surface area contributed by atoms with E-state index in [0.717, 1.165) is 0 Å². The molecule has 0 bridgehead atoms. The van der Waals surface area contributed by atoms with Gasteiger partial charge in [0.05, 0.1) is 0 Å². The number of anilines is 1. The summed E-state index contributed by atoms with van der Waals surface area (Å²) in [5.74, 6) is 2.60. The van der Waals surface area contributed by atoms with E-state index >= 15 is 0 Å². The average molecular weight is 263 g/mol. The highest BCUT2D eigenvalue weighted by Gasteiger charge is 2.06. The molecule has 2 aromatic heterocycles. The normalized spacial score (nSPS) is 10.9. The molecule has 0 atom stereocenters. The fourth-order valence-corrected chi connectivity index (χ4v) is 1.59. The highest BCUT2D eigenvalue weighted by Crippen LogP contribution is 2.09. The molecule has 102 valence electrons. The molecule has 0 aromatic carbocycles. The zero-order chi connectivity index (χ0) is 13.8. The van der Waals surface area contributed by atoms with Gasteiger partial charge in [0.1, 0.15) is 11.6 Å². The van der Waals surface area contributed by atoms with Crippen molar-refractivity contribution in [1.29, 1.82) is 0 Å². The second kappa shape index (κ2) is 5.64. The van der Waals surface area contributed by atoms with Crippen molar-refractivity contribution in [2.45, 2.75) is 33.1 Å². The van der Waals surface area contributed by atoms with Crippen molar-refractivity contribution < 1.29 is 4.52 Å². The maximum absolute atomic E-state index is 11.5. The van der Waals surface area contributed by atoms with E-state index in [1.54, 1.807) is 6.92 Å². The summed E-state index contributed by atoms with van der Waals surface area (Å²) in [4.78, 5) is 22.6. The summed E-state index contributed by atoms with van der Waals surface area (Å²) in [6.45, 7) is 6.29. The van der Waals surface area contributed by atoms with Crippen molar-refractivity contribution in [1.82, 2.24) is 20.1 Å². The van der Waals surface area contributed by atoms with Crippen LogP contribution in [0.2, 0.25) is 0 Å². The van der Waals surface area contributed by atoms with Crippen molar-refractivity contribution in [3.8, 4) is 0 Å². The molecule has 0 saturated carbocycles. The molecule has 7 heteroatoms. The van der Waals surface area contributed by atoms with Gasteiger partial charge in [-0.3, -0.25) is 4.79 Å². The summed E-state index contributed by atoms with van der Waals surface area (Å²) in [5.41, 5.74) is -0.156. The van der Waals surface area contributed by atoms with E-state index in [1.807, 2.05) is 13.8 Å². The number of hydrogen-bond acceptors (Lipinski definition) is 6. The van der Waals surface area contributed by atoms with Gasteiger partial charge in [-0.05, 0) is 0 Å². The van der Waals surface area contributed by atoms with E-state index < -0.39 is 0 Å². The highest BCUT2D eigenvalue weighted by molar-refractivity contribution is 5.33. The summed E-state index contributed by atoms with van der Waals surface area (Å²) in [6.07, 6.45) is 0.614. The van der Waals surface area contributed by atoms with E-state index in [0.29, 0.717) is 36.3 Å². The first-order chi connectivity index (χ1) is 9.04. The first kappa shape index (κ1) is 13.3. The molecule has 2 rings (SSSR count). The van der Waals surface area contributed by atoms with Crippen LogP contribution < -0.4 is 10.9 Å². The summed E-state index contributed by atoms with van der Waals surface area (Å²) >= 11 is 0. The fraction of sp³-hybridized carbons (Fsp3) is 0.500. The molecule has 0 aliphatic carbocycles. The first-order valence-corrected chi connectivity index (χ1v) is 6.19. The summed E-state index contributed by atoms with van der Waals surface area (Å²) in [5, 5.41) is 6.88. The Kier molecular flexibility index (Phi) is 3.94. The maximum Gasteiger partial charge on any atom is 0.252 e. The highest BCUT2D eigenvalue weighted by atomic mass is 16.5. The lowest BCUT2D eigenvalue weighted by Gasteiger charge is -2.07. The van der Waals surface area contributed by atoms with Crippen molar-refractivity contribution in [2.75, 3.05) is 11.9 Å². The number of nitrogens with one attached hydrogen (secondary N) is 2. The predicted molar refractivity (Wildman–Crippen MR) is 70.2 cm³/mol. The topological polar surface area (TPSA) is 96.7 Å². The van der Waals surface area contributed by atoms with Crippen LogP contribution in [0, 0.1) is 6.92 Å². The lowest BCUT2D eigenvalue weighted by atomic mass is 10.2. The van der Waals surface area contributed by atoms with Crippen molar-refractivity contribution in [3.05, 3.63) is 34.0 Å². The number of nitrogens with zero attached hydrogens (tertiary/aromatic N) is 3. The van der Waals surface area contributed by atoms with Crippen LogP contribution in [0.3, 0.4) is 0 Å². The standard InChI is InChI=1S/C12H17N5O2/c1-7(2)12-15-10(6-11(18)16-12)13-5-4-9-14-8(3)19-17-9/h6-7H,4-5H2,1-3H3,(H2,13,15,16,18). The molecule has 0 aliphatic rings. The van der Waals surface area contributed by atoms with Crippen molar-refractivity contribution in [3.63, 3.8) is 0 Å². The minimum absolute atomic E-state index is 0.156. The number of H-pyrrole nitrogens is 1. The van der Waals surface area contributed by atoms with Crippen LogP contribution in [-0.2, 0) is 6.42 Å². The summed E-state index contributed by atoms with van der Waals surface area (Å²) in [7, 11) is 0. The van der Waals surface area contributed by atoms with Gasteiger partial charge in [-0.1, -0.05) is 19.0 Å². The second-order valence-corrected chi connectivity index (χ2v) is 4.58. The zero-order valence-corrected chi connectivity index (χ0v) is 11.2. The SMILES string of the molecule is Cc1nc(CCNc2cc(=O)[nH]c(C(C)C)n2)no1. The van der Waals surface area contributed by atoms with Gasteiger partial charge in [0.2, 0.25) is 5.89 Å². The van der Waals surface area contributed by atoms with Gasteiger partial charge in [-0.15, -0.1) is 0 Å². The molecular formula is C12H17N5O2. The molecule has 0 saturated heterocycles. The number of rotatable bonds is 5. The molecule has 0 fully saturated rings. The van der Waals surface area contributed by atoms with E-state index in [-0.39, 0.29) is 11.5 Å². The third-order valence-corrected chi connectivity index (χ3v) is 2.53. The van der Waals surface area contributed by atoms with Gasteiger partial charge in [-0.25, -0.2) is 4.98 Å². The van der Waals surface area contributed by atoms with Crippen LogP contribution in [0.15, 0.2) is 15.4 Å². The number of aromatic amines is 1. The molecular weight excluding hydrogens is 246 g/mol. The van der Waals surface area contributed by atoms with Gasteiger partial charge < -0.3 is 14.8 Å². The molecule has 2 N–H and O–H groups in total. The van der Waals surface area contributed by atoms with E-state index in [9.17, 15) is 4.79 Å². The fourth-order valence-electron chi connectivity index (χ4n) is 1.59. The summed E-state index contributed by atoms with van der Waals surface area (Å²) < 4.78 is 4.88. The molecule has 0 radical (unpaired) electrons. The number of aromatic nitrogens is 4. The number of aryl methyl sites for hydroxylation is 1. The largest absolute Gasteiger partial charge is 0.369 e. The van der Waals surface area contributed by atoms with Crippen molar-refractivity contribution >= 4 is 5.82 Å².